The van der Waals surface area contributed by atoms with Crippen molar-refractivity contribution in [2.24, 2.45) is 0 Å². The number of carbonyl (C=O) groups is 1. The molecule has 102 valence electrons. The Balaban J connectivity index is 2.11. The lowest BCUT2D eigenvalue weighted by Crippen LogP contribution is -2.07. The molecule has 1 heterocycles. The monoisotopic (exact) mass is 270 g/mol. The number of ether oxygens (including phenoxy) is 1. The zero-order valence-corrected chi connectivity index (χ0v) is 11.0. The van der Waals surface area contributed by atoms with Crippen molar-refractivity contribution in [3.05, 3.63) is 41.7 Å². The first-order valence-electron chi connectivity index (χ1n) is 6.44. The van der Waals surface area contributed by atoms with E-state index in [4.69, 9.17) is 4.74 Å². The Morgan fingerprint density at radius 3 is 2.75 bits per heavy atom. The second-order valence-corrected chi connectivity index (χ2v) is 4.77. The lowest BCUT2D eigenvalue weighted by Gasteiger charge is -2.09. The van der Waals surface area contributed by atoms with Gasteiger partial charge in [-0.2, -0.15) is 0 Å². The third-order valence-electron chi connectivity index (χ3n) is 3.36. The van der Waals surface area contributed by atoms with Crippen LogP contribution in [0.5, 0.6) is 5.75 Å². The molecule has 0 amide bonds. The molecule has 0 spiro atoms. The zero-order valence-electron chi connectivity index (χ0n) is 11.0. The largest absolute Gasteiger partial charge is 0.496 e. The summed E-state index contributed by atoms with van der Waals surface area (Å²) in [5.74, 6) is 0.461. The minimum atomic E-state index is -0.974. The molecule has 5 heteroatoms. The van der Waals surface area contributed by atoms with E-state index in [1.54, 1.807) is 7.11 Å². The van der Waals surface area contributed by atoms with E-state index in [2.05, 4.69) is 9.97 Å². The lowest BCUT2D eigenvalue weighted by atomic mass is 10.1. The third-order valence-corrected chi connectivity index (χ3v) is 3.36. The van der Waals surface area contributed by atoms with Gasteiger partial charge in [0.05, 0.1) is 23.9 Å². The summed E-state index contributed by atoms with van der Waals surface area (Å²) in [5, 5.41) is 9.20. The number of benzene rings is 1. The van der Waals surface area contributed by atoms with E-state index in [1.165, 1.54) is 6.20 Å². The van der Waals surface area contributed by atoms with Crippen molar-refractivity contribution >= 4 is 5.97 Å². The summed E-state index contributed by atoms with van der Waals surface area (Å²) in [6, 6.07) is 7.45. The second-order valence-electron chi connectivity index (χ2n) is 4.77. The normalized spacial score (nSPS) is 14.1. The van der Waals surface area contributed by atoms with Crippen molar-refractivity contribution in [2.45, 2.75) is 18.8 Å². The Bertz CT molecular complexity index is 666. The summed E-state index contributed by atoms with van der Waals surface area (Å²) >= 11 is 0. The fourth-order valence-corrected chi connectivity index (χ4v) is 2.19. The molecule has 0 aliphatic heterocycles. The van der Waals surface area contributed by atoms with Crippen LogP contribution in [0.4, 0.5) is 0 Å². The number of carboxylic acids is 1. The van der Waals surface area contributed by atoms with E-state index in [9.17, 15) is 9.90 Å². The molecular weight excluding hydrogens is 256 g/mol. The quantitative estimate of drug-likeness (QED) is 0.924. The highest BCUT2D eigenvalue weighted by atomic mass is 16.5. The Kier molecular flexibility index (Phi) is 3.10. The molecule has 3 rings (SSSR count). The number of methoxy groups -OCH3 is 1. The number of carboxylic acid groups (broad SMARTS) is 1. The zero-order chi connectivity index (χ0) is 14.1. The molecule has 0 radical (unpaired) electrons. The molecule has 2 aromatic rings. The van der Waals surface area contributed by atoms with Gasteiger partial charge < -0.3 is 9.84 Å². The summed E-state index contributed by atoms with van der Waals surface area (Å²) in [7, 11) is 1.59. The Morgan fingerprint density at radius 1 is 1.35 bits per heavy atom. The van der Waals surface area contributed by atoms with Crippen LogP contribution < -0.4 is 4.74 Å². The number of aromatic nitrogens is 2. The molecule has 1 aromatic heterocycles. The Labute approximate surface area is 116 Å². The molecule has 0 saturated heterocycles. The Morgan fingerprint density at radius 2 is 2.10 bits per heavy atom. The van der Waals surface area contributed by atoms with Crippen molar-refractivity contribution in [3.8, 4) is 17.1 Å². The smallest absolute Gasteiger partial charge is 0.339 e. The number of aromatic carboxylic acids is 1. The molecule has 0 bridgehead atoms. The van der Waals surface area contributed by atoms with E-state index in [1.807, 2.05) is 24.3 Å². The molecular formula is C15H14N2O3. The van der Waals surface area contributed by atoms with E-state index in [-0.39, 0.29) is 11.5 Å². The van der Waals surface area contributed by atoms with Gasteiger partial charge in [0.25, 0.3) is 0 Å². The van der Waals surface area contributed by atoms with E-state index in [0.717, 1.165) is 18.4 Å². The average molecular weight is 270 g/mol. The number of hydrogen-bond acceptors (Lipinski definition) is 4. The van der Waals surface area contributed by atoms with Crippen LogP contribution in [0, 0.1) is 0 Å². The van der Waals surface area contributed by atoms with Crippen LogP contribution in [-0.4, -0.2) is 28.2 Å². The maximum atomic E-state index is 11.2. The lowest BCUT2D eigenvalue weighted by molar-refractivity contribution is 0.0694. The van der Waals surface area contributed by atoms with Crippen LogP contribution in [0.1, 0.15) is 34.8 Å². The fraction of sp³-hybridized carbons (Fsp3) is 0.267. The fourth-order valence-electron chi connectivity index (χ4n) is 2.19. The maximum Gasteiger partial charge on any atom is 0.339 e. The first-order valence-corrected chi connectivity index (χ1v) is 6.44. The van der Waals surface area contributed by atoms with Crippen molar-refractivity contribution in [2.75, 3.05) is 7.11 Å². The van der Waals surface area contributed by atoms with Gasteiger partial charge in [-0.15, -0.1) is 0 Å². The minimum Gasteiger partial charge on any atom is -0.496 e. The van der Waals surface area contributed by atoms with E-state index in [0.29, 0.717) is 17.3 Å². The van der Waals surface area contributed by atoms with Gasteiger partial charge in [-0.25, -0.2) is 14.8 Å². The molecule has 20 heavy (non-hydrogen) atoms. The Hall–Kier alpha value is -2.43. The second kappa shape index (κ2) is 4.92. The van der Waals surface area contributed by atoms with Crippen molar-refractivity contribution in [3.63, 3.8) is 0 Å². The van der Waals surface area contributed by atoms with Gasteiger partial charge >= 0.3 is 5.97 Å². The van der Waals surface area contributed by atoms with E-state index < -0.39 is 5.97 Å². The molecule has 5 nitrogen and oxygen atoms in total. The van der Waals surface area contributed by atoms with Crippen LogP contribution >= 0.6 is 0 Å². The average Bonchev–Trinajstić information content (AvgIpc) is 3.31. The van der Waals surface area contributed by atoms with Gasteiger partial charge in [0.2, 0.25) is 0 Å². The van der Waals surface area contributed by atoms with Crippen LogP contribution in [0.2, 0.25) is 0 Å². The molecule has 0 atom stereocenters. The number of para-hydroxylation sites is 1. The predicted molar refractivity (Wildman–Crippen MR) is 73.0 cm³/mol. The first-order chi connectivity index (χ1) is 9.70. The van der Waals surface area contributed by atoms with Crippen molar-refractivity contribution in [1.82, 2.24) is 9.97 Å². The SMILES string of the molecule is COc1ccccc1-c1ncc(C(=O)O)c(C2CC2)n1. The highest BCUT2D eigenvalue weighted by molar-refractivity contribution is 5.89. The highest BCUT2D eigenvalue weighted by Gasteiger charge is 2.30. The van der Waals surface area contributed by atoms with Gasteiger partial charge in [0.15, 0.2) is 5.82 Å². The van der Waals surface area contributed by atoms with Gasteiger partial charge in [-0.1, -0.05) is 12.1 Å². The summed E-state index contributed by atoms with van der Waals surface area (Å²) in [4.78, 5) is 19.9. The molecule has 1 fully saturated rings. The minimum absolute atomic E-state index is 0.200. The van der Waals surface area contributed by atoms with Crippen molar-refractivity contribution in [1.29, 1.82) is 0 Å². The topological polar surface area (TPSA) is 72.3 Å². The maximum absolute atomic E-state index is 11.2. The van der Waals surface area contributed by atoms with Crippen molar-refractivity contribution < 1.29 is 14.6 Å². The van der Waals surface area contributed by atoms with E-state index >= 15 is 0 Å². The highest BCUT2D eigenvalue weighted by Crippen LogP contribution is 2.41. The molecule has 1 aromatic carbocycles. The number of hydrogen-bond donors (Lipinski definition) is 1. The van der Waals surface area contributed by atoms with Gasteiger partial charge in [-0.3, -0.25) is 0 Å². The third kappa shape index (κ3) is 2.22. The molecule has 1 aliphatic carbocycles. The molecule has 1 aliphatic rings. The summed E-state index contributed by atoms with van der Waals surface area (Å²) < 4.78 is 5.30. The summed E-state index contributed by atoms with van der Waals surface area (Å²) in [6.07, 6.45) is 3.37. The van der Waals surface area contributed by atoms with Crippen LogP contribution in [0.3, 0.4) is 0 Å². The van der Waals surface area contributed by atoms with Gasteiger partial charge in [0, 0.05) is 12.1 Å². The molecule has 0 unspecified atom stereocenters. The molecule has 1 saturated carbocycles. The van der Waals surface area contributed by atoms with Crippen LogP contribution in [-0.2, 0) is 0 Å². The van der Waals surface area contributed by atoms with Gasteiger partial charge in [0.1, 0.15) is 5.75 Å². The standard InChI is InChI=1S/C15H14N2O3/c1-20-12-5-3-2-4-10(12)14-16-8-11(15(18)19)13(17-14)9-6-7-9/h2-5,8-9H,6-7H2,1H3,(H,18,19). The first kappa shape index (κ1) is 12.6. The summed E-state index contributed by atoms with van der Waals surface area (Å²) in [5.41, 5.74) is 1.60. The van der Waals surface area contributed by atoms with Crippen LogP contribution in [0.15, 0.2) is 30.5 Å². The van der Waals surface area contributed by atoms with Gasteiger partial charge in [-0.05, 0) is 25.0 Å². The predicted octanol–water partition coefficient (Wildman–Crippen LogP) is 2.73. The number of nitrogens with zero attached hydrogens (tertiary/aromatic N) is 2. The number of rotatable bonds is 4. The molecule has 1 N–H and O–H groups in total. The summed E-state index contributed by atoms with van der Waals surface area (Å²) in [6.45, 7) is 0. The van der Waals surface area contributed by atoms with Crippen LogP contribution in [0.25, 0.3) is 11.4 Å².